The smallest absolute Gasteiger partial charge is 0.338 e. The standard InChI is InChI=1S/C14H19FN2O2/c1-17(10-6-4-2-3-5-7-10)13-12(15)11(14(18)19)8-9-16-13/h8-10H,2-7H2,1H3,(H,18,19). The summed E-state index contributed by atoms with van der Waals surface area (Å²) in [7, 11) is 1.80. The third kappa shape index (κ3) is 3.03. The predicted octanol–water partition coefficient (Wildman–Crippen LogP) is 3.08. The fourth-order valence-electron chi connectivity index (χ4n) is 2.66. The fraction of sp³-hybridized carbons (Fsp3) is 0.571. The van der Waals surface area contributed by atoms with Crippen molar-refractivity contribution >= 4 is 11.8 Å². The van der Waals surface area contributed by atoms with Crippen LogP contribution in [0.4, 0.5) is 10.2 Å². The minimum absolute atomic E-state index is 0.145. The summed E-state index contributed by atoms with van der Waals surface area (Å²) in [4.78, 5) is 16.8. The van der Waals surface area contributed by atoms with Crippen LogP contribution in [0.25, 0.3) is 0 Å². The molecule has 2 rings (SSSR count). The number of halogens is 1. The molecule has 0 aromatic carbocycles. The maximum atomic E-state index is 14.1. The Balaban J connectivity index is 2.25. The summed E-state index contributed by atoms with van der Waals surface area (Å²) < 4.78 is 14.1. The molecule has 1 N–H and O–H groups in total. The second kappa shape index (κ2) is 5.99. The van der Waals surface area contributed by atoms with Crippen molar-refractivity contribution in [1.29, 1.82) is 0 Å². The van der Waals surface area contributed by atoms with E-state index in [1.54, 1.807) is 11.9 Å². The second-order valence-electron chi connectivity index (χ2n) is 5.06. The van der Waals surface area contributed by atoms with Gasteiger partial charge >= 0.3 is 5.97 Å². The van der Waals surface area contributed by atoms with Crippen molar-refractivity contribution in [1.82, 2.24) is 4.98 Å². The largest absolute Gasteiger partial charge is 0.478 e. The van der Waals surface area contributed by atoms with Crippen LogP contribution in [0.3, 0.4) is 0 Å². The Morgan fingerprint density at radius 1 is 1.37 bits per heavy atom. The monoisotopic (exact) mass is 266 g/mol. The molecule has 0 bridgehead atoms. The van der Waals surface area contributed by atoms with Gasteiger partial charge in [0.05, 0.1) is 0 Å². The minimum Gasteiger partial charge on any atom is -0.478 e. The highest BCUT2D eigenvalue weighted by Gasteiger charge is 2.23. The first-order valence-corrected chi connectivity index (χ1v) is 6.72. The highest BCUT2D eigenvalue weighted by atomic mass is 19.1. The molecule has 19 heavy (non-hydrogen) atoms. The number of anilines is 1. The molecule has 1 aromatic rings. The van der Waals surface area contributed by atoms with Gasteiger partial charge < -0.3 is 10.0 Å². The highest BCUT2D eigenvalue weighted by Crippen LogP contribution is 2.26. The van der Waals surface area contributed by atoms with Crippen LogP contribution in [-0.4, -0.2) is 29.1 Å². The van der Waals surface area contributed by atoms with Crippen molar-refractivity contribution in [2.45, 2.75) is 44.6 Å². The zero-order chi connectivity index (χ0) is 13.8. The first-order chi connectivity index (χ1) is 9.11. The molecule has 0 aliphatic heterocycles. The van der Waals surface area contributed by atoms with Gasteiger partial charge in [0.25, 0.3) is 0 Å². The van der Waals surface area contributed by atoms with Gasteiger partial charge in [-0.1, -0.05) is 25.7 Å². The number of carboxylic acid groups (broad SMARTS) is 1. The summed E-state index contributed by atoms with van der Waals surface area (Å²) in [5, 5.41) is 8.94. The van der Waals surface area contributed by atoms with Gasteiger partial charge in [-0.2, -0.15) is 0 Å². The van der Waals surface area contributed by atoms with Crippen LogP contribution in [0.15, 0.2) is 12.3 Å². The van der Waals surface area contributed by atoms with E-state index in [1.165, 1.54) is 25.1 Å². The highest BCUT2D eigenvalue weighted by molar-refractivity contribution is 5.88. The maximum absolute atomic E-state index is 14.1. The molecule has 0 spiro atoms. The van der Waals surface area contributed by atoms with Gasteiger partial charge in [0.15, 0.2) is 11.6 Å². The zero-order valence-electron chi connectivity index (χ0n) is 11.1. The van der Waals surface area contributed by atoms with Crippen LogP contribution in [0.5, 0.6) is 0 Å². The van der Waals surface area contributed by atoms with Crippen molar-refractivity contribution < 1.29 is 14.3 Å². The van der Waals surface area contributed by atoms with Crippen LogP contribution in [0.2, 0.25) is 0 Å². The Bertz CT molecular complexity index is 457. The zero-order valence-corrected chi connectivity index (χ0v) is 11.1. The van der Waals surface area contributed by atoms with Crippen molar-refractivity contribution in [3.63, 3.8) is 0 Å². The van der Waals surface area contributed by atoms with Crippen molar-refractivity contribution in [2.24, 2.45) is 0 Å². The quantitative estimate of drug-likeness (QED) is 0.854. The first-order valence-electron chi connectivity index (χ1n) is 6.72. The van der Waals surface area contributed by atoms with Crippen LogP contribution in [-0.2, 0) is 0 Å². The lowest BCUT2D eigenvalue weighted by Gasteiger charge is -2.28. The molecule has 0 radical (unpaired) electrons. The van der Waals surface area contributed by atoms with E-state index in [1.807, 2.05) is 0 Å². The van der Waals surface area contributed by atoms with E-state index in [4.69, 9.17) is 5.11 Å². The molecule has 0 unspecified atom stereocenters. The lowest BCUT2D eigenvalue weighted by atomic mass is 10.1. The van der Waals surface area contributed by atoms with Crippen molar-refractivity contribution in [3.05, 3.63) is 23.6 Å². The van der Waals surface area contributed by atoms with E-state index in [-0.39, 0.29) is 17.4 Å². The first kappa shape index (κ1) is 13.8. The van der Waals surface area contributed by atoms with Crippen LogP contribution >= 0.6 is 0 Å². The maximum Gasteiger partial charge on any atom is 0.338 e. The summed E-state index contributed by atoms with van der Waals surface area (Å²) in [5.74, 6) is -1.84. The number of hydrogen-bond donors (Lipinski definition) is 1. The van der Waals surface area contributed by atoms with Crippen LogP contribution < -0.4 is 4.90 Å². The molecule has 1 fully saturated rings. The Morgan fingerprint density at radius 2 is 2.00 bits per heavy atom. The molecule has 1 aliphatic rings. The van der Waals surface area contributed by atoms with E-state index < -0.39 is 11.8 Å². The van der Waals surface area contributed by atoms with E-state index in [9.17, 15) is 9.18 Å². The van der Waals surface area contributed by atoms with Crippen molar-refractivity contribution in [3.8, 4) is 0 Å². The average Bonchev–Trinajstić information content (AvgIpc) is 2.66. The summed E-state index contributed by atoms with van der Waals surface area (Å²) in [6, 6.07) is 1.44. The van der Waals surface area contributed by atoms with E-state index in [0.29, 0.717) is 0 Å². The van der Waals surface area contributed by atoms with Gasteiger partial charge in [-0.3, -0.25) is 0 Å². The Labute approximate surface area is 112 Å². The van der Waals surface area contributed by atoms with E-state index >= 15 is 0 Å². The second-order valence-corrected chi connectivity index (χ2v) is 5.06. The summed E-state index contributed by atoms with van der Waals surface area (Å²) >= 11 is 0. The molecule has 0 saturated heterocycles. The molecule has 1 heterocycles. The molecule has 0 amide bonds. The predicted molar refractivity (Wildman–Crippen MR) is 71.0 cm³/mol. The number of nitrogens with zero attached hydrogens (tertiary/aromatic N) is 2. The summed E-state index contributed by atoms with van der Waals surface area (Å²) in [5.41, 5.74) is -0.314. The minimum atomic E-state index is -1.25. The van der Waals surface area contributed by atoms with Crippen LogP contribution in [0, 0.1) is 5.82 Å². The lowest BCUT2D eigenvalue weighted by Crippen LogP contribution is -2.32. The molecule has 104 valence electrons. The van der Waals surface area contributed by atoms with E-state index in [0.717, 1.165) is 25.7 Å². The number of pyridine rings is 1. The van der Waals surface area contributed by atoms with Gasteiger partial charge in [-0.05, 0) is 18.9 Å². The number of carbonyl (C=O) groups is 1. The Kier molecular flexibility index (Phi) is 4.35. The van der Waals surface area contributed by atoms with Gasteiger partial charge in [0.1, 0.15) is 5.56 Å². The molecular formula is C14H19FN2O2. The van der Waals surface area contributed by atoms with Gasteiger partial charge in [-0.25, -0.2) is 14.2 Å². The molecule has 1 saturated carbocycles. The average molecular weight is 266 g/mol. The number of rotatable bonds is 3. The summed E-state index contributed by atoms with van der Waals surface area (Å²) in [6.07, 6.45) is 8.08. The third-order valence-electron chi connectivity index (χ3n) is 3.81. The van der Waals surface area contributed by atoms with Crippen molar-refractivity contribution in [2.75, 3.05) is 11.9 Å². The Hall–Kier alpha value is -1.65. The fourth-order valence-corrected chi connectivity index (χ4v) is 2.66. The molecule has 0 atom stereocenters. The lowest BCUT2D eigenvalue weighted by molar-refractivity contribution is 0.0691. The van der Waals surface area contributed by atoms with E-state index in [2.05, 4.69) is 4.98 Å². The molecule has 1 aromatic heterocycles. The normalized spacial score (nSPS) is 16.9. The number of hydrogen-bond acceptors (Lipinski definition) is 3. The molecule has 1 aliphatic carbocycles. The topological polar surface area (TPSA) is 53.4 Å². The van der Waals surface area contributed by atoms with Gasteiger partial charge in [-0.15, -0.1) is 0 Å². The van der Waals surface area contributed by atoms with Crippen LogP contribution in [0.1, 0.15) is 48.9 Å². The summed E-state index contributed by atoms with van der Waals surface area (Å²) in [6.45, 7) is 0. The number of aromatic nitrogens is 1. The Morgan fingerprint density at radius 3 is 2.58 bits per heavy atom. The third-order valence-corrected chi connectivity index (χ3v) is 3.81. The number of aromatic carboxylic acids is 1. The SMILES string of the molecule is CN(c1nccc(C(=O)O)c1F)C1CCCCCC1. The molecule has 4 nitrogen and oxygen atoms in total. The number of carboxylic acids is 1. The van der Waals surface area contributed by atoms with Gasteiger partial charge in [0, 0.05) is 19.3 Å². The molecule has 5 heteroatoms. The molecular weight excluding hydrogens is 247 g/mol. The van der Waals surface area contributed by atoms with Gasteiger partial charge in [0.2, 0.25) is 0 Å².